The Morgan fingerprint density at radius 3 is 2.45 bits per heavy atom. The van der Waals surface area contributed by atoms with Gasteiger partial charge in [-0.1, -0.05) is 13.8 Å². The molecular weight excluding hydrogens is 254 g/mol. The first-order valence-electron chi connectivity index (χ1n) is 7.29. The van der Waals surface area contributed by atoms with Crippen molar-refractivity contribution in [1.82, 2.24) is 9.97 Å². The SMILES string of the molecule is CC(C)c1c(NN)ncnc1NC(C)C1CCOCC1. The summed E-state index contributed by atoms with van der Waals surface area (Å²) in [6, 6.07) is 0.358. The summed E-state index contributed by atoms with van der Waals surface area (Å²) in [5.41, 5.74) is 3.70. The Morgan fingerprint density at radius 1 is 1.20 bits per heavy atom. The van der Waals surface area contributed by atoms with Crippen LogP contribution in [0.25, 0.3) is 0 Å². The lowest BCUT2D eigenvalue weighted by molar-refractivity contribution is 0.0622. The number of hydrogen-bond donors (Lipinski definition) is 3. The molecule has 0 radical (unpaired) electrons. The minimum absolute atomic E-state index is 0.298. The molecule has 0 saturated carbocycles. The maximum atomic E-state index is 5.55. The van der Waals surface area contributed by atoms with Gasteiger partial charge in [0.1, 0.15) is 18.0 Å². The smallest absolute Gasteiger partial charge is 0.148 e. The number of ether oxygens (including phenoxy) is 1. The summed E-state index contributed by atoms with van der Waals surface area (Å²) in [6.07, 6.45) is 3.73. The Kier molecular flexibility index (Phi) is 5.14. The van der Waals surface area contributed by atoms with Crippen LogP contribution in [-0.2, 0) is 4.74 Å². The van der Waals surface area contributed by atoms with Gasteiger partial charge in [-0.3, -0.25) is 0 Å². The van der Waals surface area contributed by atoms with Gasteiger partial charge in [-0.2, -0.15) is 0 Å². The van der Waals surface area contributed by atoms with E-state index in [0.717, 1.165) is 37.4 Å². The van der Waals surface area contributed by atoms with E-state index in [4.69, 9.17) is 10.6 Å². The number of hydrazine groups is 1. The Hall–Kier alpha value is -1.40. The third kappa shape index (κ3) is 3.37. The molecule has 1 atom stereocenters. The fourth-order valence-electron chi connectivity index (χ4n) is 2.72. The van der Waals surface area contributed by atoms with Crippen LogP contribution in [0.5, 0.6) is 0 Å². The highest BCUT2D eigenvalue weighted by Gasteiger charge is 2.23. The van der Waals surface area contributed by atoms with Crippen molar-refractivity contribution >= 4 is 11.6 Å². The first-order valence-corrected chi connectivity index (χ1v) is 7.29. The van der Waals surface area contributed by atoms with E-state index in [0.29, 0.717) is 23.7 Å². The van der Waals surface area contributed by atoms with Gasteiger partial charge in [0.25, 0.3) is 0 Å². The Balaban J connectivity index is 2.15. The van der Waals surface area contributed by atoms with Crippen LogP contribution < -0.4 is 16.6 Å². The molecular formula is C14H25N5O. The number of anilines is 2. The summed E-state index contributed by atoms with van der Waals surface area (Å²) in [4.78, 5) is 8.59. The molecule has 4 N–H and O–H groups in total. The number of nitrogens with zero attached hydrogens (tertiary/aromatic N) is 2. The van der Waals surface area contributed by atoms with Crippen molar-refractivity contribution in [2.45, 2.75) is 45.6 Å². The van der Waals surface area contributed by atoms with Crippen LogP contribution in [0.4, 0.5) is 11.6 Å². The molecule has 0 spiro atoms. The summed E-state index contributed by atoms with van der Waals surface area (Å²) in [5, 5.41) is 3.53. The zero-order chi connectivity index (χ0) is 14.5. The average molecular weight is 279 g/mol. The predicted molar refractivity (Wildman–Crippen MR) is 80.6 cm³/mol. The molecule has 1 saturated heterocycles. The molecule has 6 heteroatoms. The van der Waals surface area contributed by atoms with Gasteiger partial charge in [-0.15, -0.1) is 0 Å². The average Bonchev–Trinajstić information content (AvgIpc) is 2.47. The minimum Gasteiger partial charge on any atom is -0.381 e. The molecule has 0 aliphatic carbocycles. The molecule has 1 aliphatic heterocycles. The second-order valence-corrected chi connectivity index (χ2v) is 5.67. The maximum Gasteiger partial charge on any atom is 0.148 e. The van der Waals surface area contributed by atoms with Crippen LogP contribution in [0.3, 0.4) is 0 Å². The summed E-state index contributed by atoms with van der Waals surface area (Å²) in [7, 11) is 0. The normalized spacial score (nSPS) is 18.1. The lowest BCUT2D eigenvalue weighted by Crippen LogP contribution is -2.32. The summed E-state index contributed by atoms with van der Waals surface area (Å²) in [5.74, 6) is 8.03. The van der Waals surface area contributed by atoms with Gasteiger partial charge in [0, 0.05) is 24.8 Å². The van der Waals surface area contributed by atoms with Crippen LogP contribution in [0.2, 0.25) is 0 Å². The molecule has 1 unspecified atom stereocenters. The maximum absolute atomic E-state index is 5.55. The fourth-order valence-corrected chi connectivity index (χ4v) is 2.72. The molecule has 1 aromatic rings. The monoisotopic (exact) mass is 279 g/mol. The second kappa shape index (κ2) is 6.85. The van der Waals surface area contributed by atoms with E-state index in [1.807, 2.05) is 0 Å². The summed E-state index contributed by atoms with van der Waals surface area (Å²) >= 11 is 0. The van der Waals surface area contributed by atoms with Crippen LogP contribution in [0.15, 0.2) is 6.33 Å². The van der Waals surface area contributed by atoms with Crippen molar-refractivity contribution in [2.24, 2.45) is 11.8 Å². The van der Waals surface area contributed by atoms with Crippen LogP contribution >= 0.6 is 0 Å². The summed E-state index contributed by atoms with van der Waals surface area (Å²) in [6.45, 7) is 8.14. The van der Waals surface area contributed by atoms with Crippen molar-refractivity contribution < 1.29 is 4.74 Å². The van der Waals surface area contributed by atoms with Crippen molar-refractivity contribution in [3.8, 4) is 0 Å². The van der Waals surface area contributed by atoms with Crippen LogP contribution in [0, 0.1) is 5.92 Å². The molecule has 2 rings (SSSR count). The Morgan fingerprint density at radius 2 is 1.85 bits per heavy atom. The van der Waals surface area contributed by atoms with Crippen molar-refractivity contribution in [2.75, 3.05) is 24.0 Å². The van der Waals surface area contributed by atoms with E-state index in [1.165, 1.54) is 0 Å². The number of rotatable bonds is 5. The third-order valence-electron chi connectivity index (χ3n) is 3.94. The molecule has 1 aromatic heterocycles. The van der Waals surface area contributed by atoms with Gasteiger partial charge >= 0.3 is 0 Å². The summed E-state index contributed by atoms with van der Waals surface area (Å²) < 4.78 is 5.42. The standard InChI is InChI=1S/C14H25N5O/c1-9(2)12-13(16-8-17-14(12)19-15)18-10(3)11-4-6-20-7-5-11/h8-11H,4-7,15H2,1-3H3,(H2,16,17,18,19). The molecule has 20 heavy (non-hydrogen) atoms. The molecule has 0 bridgehead atoms. The van der Waals surface area contributed by atoms with E-state index in [9.17, 15) is 0 Å². The highest BCUT2D eigenvalue weighted by Crippen LogP contribution is 2.29. The number of nitrogens with one attached hydrogen (secondary N) is 2. The van der Waals surface area contributed by atoms with E-state index < -0.39 is 0 Å². The minimum atomic E-state index is 0.298. The molecule has 0 amide bonds. The Labute approximate surface area is 120 Å². The Bertz CT molecular complexity index is 432. The number of nitrogens with two attached hydrogens (primary N) is 1. The number of hydrogen-bond acceptors (Lipinski definition) is 6. The zero-order valence-electron chi connectivity index (χ0n) is 12.5. The first kappa shape index (κ1) is 15.0. The fraction of sp³-hybridized carbons (Fsp3) is 0.714. The third-order valence-corrected chi connectivity index (χ3v) is 3.94. The molecule has 6 nitrogen and oxygen atoms in total. The molecule has 2 heterocycles. The molecule has 112 valence electrons. The zero-order valence-corrected chi connectivity index (χ0v) is 12.5. The van der Waals surface area contributed by atoms with Gasteiger partial charge in [0.05, 0.1) is 0 Å². The highest BCUT2D eigenvalue weighted by atomic mass is 16.5. The van der Waals surface area contributed by atoms with E-state index in [2.05, 4.69) is 41.5 Å². The molecule has 1 fully saturated rings. The van der Waals surface area contributed by atoms with Crippen LogP contribution in [0.1, 0.15) is 45.1 Å². The lowest BCUT2D eigenvalue weighted by Gasteiger charge is -2.29. The van der Waals surface area contributed by atoms with Gasteiger partial charge in [-0.05, 0) is 31.6 Å². The second-order valence-electron chi connectivity index (χ2n) is 5.67. The quantitative estimate of drug-likeness (QED) is 0.565. The van der Waals surface area contributed by atoms with E-state index in [1.54, 1.807) is 6.33 Å². The largest absolute Gasteiger partial charge is 0.381 e. The van der Waals surface area contributed by atoms with Gasteiger partial charge in [-0.25, -0.2) is 15.8 Å². The molecule has 0 aromatic carbocycles. The van der Waals surface area contributed by atoms with Gasteiger partial charge in [0.2, 0.25) is 0 Å². The first-order chi connectivity index (χ1) is 9.63. The lowest BCUT2D eigenvalue weighted by atomic mass is 9.92. The highest BCUT2D eigenvalue weighted by molar-refractivity contribution is 5.58. The number of nitrogen functional groups attached to an aromatic ring is 1. The van der Waals surface area contributed by atoms with Gasteiger partial charge in [0.15, 0.2) is 0 Å². The predicted octanol–water partition coefficient (Wildman–Crippen LogP) is 2.11. The van der Waals surface area contributed by atoms with Crippen molar-refractivity contribution in [3.63, 3.8) is 0 Å². The van der Waals surface area contributed by atoms with Crippen molar-refractivity contribution in [1.29, 1.82) is 0 Å². The van der Waals surface area contributed by atoms with Crippen LogP contribution in [-0.4, -0.2) is 29.2 Å². The number of aromatic nitrogens is 2. The van der Waals surface area contributed by atoms with E-state index >= 15 is 0 Å². The van der Waals surface area contributed by atoms with Gasteiger partial charge < -0.3 is 15.5 Å². The van der Waals surface area contributed by atoms with Crippen molar-refractivity contribution in [3.05, 3.63) is 11.9 Å². The molecule has 1 aliphatic rings. The topological polar surface area (TPSA) is 85.1 Å². The van der Waals surface area contributed by atoms with E-state index in [-0.39, 0.29) is 0 Å².